The van der Waals surface area contributed by atoms with Crippen molar-refractivity contribution in [2.24, 2.45) is 5.41 Å². The van der Waals surface area contributed by atoms with E-state index in [1.54, 1.807) is 18.5 Å². The first-order chi connectivity index (χ1) is 18.7. The van der Waals surface area contributed by atoms with Crippen LogP contribution in [0.1, 0.15) is 66.4 Å². The number of piperidine rings is 1. The summed E-state index contributed by atoms with van der Waals surface area (Å²) in [4.78, 5) is 22.2. The lowest BCUT2D eigenvalue weighted by Gasteiger charge is -2.47. The van der Waals surface area contributed by atoms with Crippen LogP contribution in [0.2, 0.25) is 10.0 Å². The average Bonchev–Trinajstić information content (AvgIpc) is 3.31. The first kappa shape index (κ1) is 25.8. The molecule has 0 amide bonds. The van der Waals surface area contributed by atoms with Crippen LogP contribution in [0.25, 0.3) is 27.7 Å². The number of anilines is 1. The second kappa shape index (κ2) is 9.65. The number of carboxylic acid groups (broad SMARTS) is 1. The van der Waals surface area contributed by atoms with Gasteiger partial charge in [0.25, 0.3) is 0 Å². The molecule has 0 unspecified atom stereocenters. The van der Waals surface area contributed by atoms with Crippen molar-refractivity contribution in [1.82, 2.24) is 15.1 Å². The van der Waals surface area contributed by atoms with E-state index in [1.165, 1.54) is 5.57 Å². The first-order valence-electron chi connectivity index (χ1n) is 13.1. The lowest BCUT2D eigenvalue weighted by Crippen LogP contribution is -2.42. The van der Waals surface area contributed by atoms with Gasteiger partial charge in [-0.2, -0.15) is 0 Å². The molecule has 0 radical (unpaired) electrons. The van der Waals surface area contributed by atoms with Gasteiger partial charge >= 0.3 is 5.97 Å². The number of benzene rings is 1. The van der Waals surface area contributed by atoms with Crippen LogP contribution < -0.4 is 4.90 Å². The highest BCUT2D eigenvalue weighted by Gasteiger charge is 2.42. The molecule has 1 aromatic carbocycles. The van der Waals surface area contributed by atoms with Crippen LogP contribution in [0, 0.1) is 12.3 Å². The van der Waals surface area contributed by atoms with Crippen molar-refractivity contribution < 1.29 is 14.4 Å². The van der Waals surface area contributed by atoms with Gasteiger partial charge in [-0.3, -0.25) is 4.98 Å². The van der Waals surface area contributed by atoms with E-state index in [0.29, 0.717) is 26.8 Å². The fourth-order valence-corrected chi connectivity index (χ4v) is 6.46. The summed E-state index contributed by atoms with van der Waals surface area (Å²) in [6.07, 6.45) is 8.59. The van der Waals surface area contributed by atoms with Gasteiger partial charge in [0.2, 0.25) is 0 Å². The summed E-state index contributed by atoms with van der Waals surface area (Å²) in [5.74, 6) is 0.000167. The molecular formula is C30H28Cl2N4O3. The van der Waals surface area contributed by atoms with Crippen molar-refractivity contribution in [3.63, 3.8) is 0 Å². The van der Waals surface area contributed by atoms with Gasteiger partial charge < -0.3 is 14.5 Å². The quantitative estimate of drug-likeness (QED) is 0.265. The number of rotatable bonds is 5. The highest BCUT2D eigenvalue weighted by Crippen LogP contribution is 2.54. The number of carboxylic acids is 1. The molecule has 1 aliphatic carbocycles. The molecule has 0 saturated carbocycles. The molecule has 2 aliphatic rings. The molecule has 4 aromatic rings. The van der Waals surface area contributed by atoms with Crippen molar-refractivity contribution in [1.29, 1.82) is 0 Å². The third-order valence-electron chi connectivity index (χ3n) is 8.02. The average molecular weight is 563 g/mol. The minimum Gasteiger partial charge on any atom is -0.477 e. The highest BCUT2D eigenvalue weighted by molar-refractivity contribution is 6.39. The molecule has 1 spiro atoms. The highest BCUT2D eigenvalue weighted by atomic mass is 35.5. The minimum atomic E-state index is -1.01. The predicted octanol–water partition coefficient (Wildman–Crippen LogP) is 7.80. The Bertz CT molecular complexity index is 1630. The van der Waals surface area contributed by atoms with Crippen molar-refractivity contribution in [3.8, 4) is 11.3 Å². The number of allylic oxidation sites excluding steroid dienone is 2. The number of hydrogen-bond donors (Lipinski definition) is 1. The molecule has 0 bridgehead atoms. The molecule has 1 N–H and O–H groups in total. The zero-order chi connectivity index (χ0) is 27.5. The van der Waals surface area contributed by atoms with Gasteiger partial charge in [-0.1, -0.05) is 48.3 Å². The van der Waals surface area contributed by atoms with E-state index in [-0.39, 0.29) is 17.0 Å². The van der Waals surface area contributed by atoms with Crippen molar-refractivity contribution in [2.45, 2.75) is 46.0 Å². The van der Waals surface area contributed by atoms with E-state index in [9.17, 15) is 9.90 Å². The van der Waals surface area contributed by atoms with Crippen LogP contribution in [-0.2, 0) is 0 Å². The summed E-state index contributed by atoms with van der Waals surface area (Å²) < 4.78 is 5.82. The third-order valence-corrected chi connectivity index (χ3v) is 8.59. The summed E-state index contributed by atoms with van der Waals surface area (Å²) in [7, 11) is 0. The molecule has 1 fully saturated rings. The lowest BCUT2D eigenvalue weighted by molar-refractivity contribution is 0.0691. The molecule has 1 saturated heterocycles. The standard InChI is InChI=1S/C30H28Cl2N4O3/c1-16(2)28-25(27(35-39-28)26-21(31)14-33-15-22(26)32)18-12-30(13-18)6-8-36(9-7-30)19-4-5-23-20(11-19)17(3)10-24(34-23)29(37)38/h4-5,10-12,14-16H,6-9,13H2,1-3H3,(H,37,38). The Morgan fingerprint density at radius 1 is 1.10 bits per heavy atom. The molecule has 39 heavy (non-hydrogen) atoms. The Morgan fingerprint density at radius 3 is 2.44 bits per heavy atom. The van der Waals surface area contributed by atoms with E-state index in [2.05, 4.69) is 46.0 Å². The SMILES string of the molecule is Cc1cc(C(=O)O)nc2ccc(N3CCC4(C=C(c5c(-c6c(Cl)cncc6Cl)noc5C(C)C)C4)CC3)cc12. The number of aromatic nitrogens is 3. The molecule has 0 atom stereocenters. The Kier molecular flexibility index (Phi) is 6.39. The zero-order valence-electron chi connectivity index (χ0n) is 22.0. The second-order valence-electron chi connectivity index (χ2n) is 10.9. The van der Waals surface area contributed by atoms with Crippen molar-refractivity contribution >= 4 is 51.3 Å². The number of fused-ring (bicyclic) bond motifs is 1. The molecule has 7 nitrogen and oxygen atoms in total. The monoisotopic (exact) mass is 562 g/mol. The molecule has 9 heteroatoms. The molecule has 1 aliphatic heterocycles. The molecule has 3 aromatic heterocycles. The molecular weight excluding hydrogens is 535 g/mol. The largest absolute Gasteiger partial charge is 0.477 e. The normalized spacial score (nSPS) is 16.6. The van der Waals surface area contributed by atoms with Gasteiger partial charge in [0.05, 0.1) is 15.6 Å². The number of halogens is 2. The number of pyridine rings is 2. The molecule has 6 rings (SSSR count). The Labute approximate surface area is 236 Å². The molecule has 4 heterocycles. The molecule has 200 valence electrons. The summed E-state index contributed by atoms with van der Waals surface area (Å²) in [5, 5.41) is 15.6. The number of aromatic carboxylic acids is 1. The van der Waals surface area contributed by atoms with Crippen LogP contribution in [0.3, 0.4) is 0 Å². The first-order valence-corrected chi connectivity index (χ1v) is 13.8. The van der Waals surface area contributed by atoms with Crippen LogP contribution in [-0.4, -0.2) is 39.3 Å². The Balaban J connectivity index is 1.25. The number of aryl methyl sites for hydroxylation is 1. The zero-order valence-corrected chi connectivity index (χ0v) is 23.5. The van der Waals surface area contributed by atoms with Crippen LogP contribution in [0.5, 0.6) is 0 Å². The fourth-order valence-electron chi connectivity index (χ4n) is 5.92. The van der Waals surface area contributed by atoms with Crippen molar-refractivity contribution in [2.75, 3.05) is 18.0 Å². The minimum absolute atomic E-state index is 0.0744. The predicted molar refractivity (Wildman–Crippen MR) is 154 cm³/mol. The maximum Gasteiger partial charge on any atom is 0.354 e. The Hall–Kier alpha value is -3.42. The van der Waals surface area contributed by atoms with E-state index in [1.807, 2.05) is 19.1 Å². The van der Waals surface area contributed by atoms with Gasteiger partial charge in [0.15, 0.2) is 0 Å². The van der Waals surface area contributed by atoms with Gasteiger partial charge in [-0.25, -0.2) is 9.78 Å². The topological polar surface area (TPSA) is 92.3 Å². The third kappa shape index (κ3) is 4.47. The number of nitrogens with zero attached hydrogens (tertiary/aromatic N) is 4. The maximum atomic E-state index is 11.4. The number of hydrogen-bond acceptors (Lipinski definition) is 6. The van der Waals surface area contributed by atoms with Gasteiger partial charge in [0, 0.05) is 53.6 Å². The smallest absolute Gasteiger partial charge is 0.354 e. The summed E-state index contributed by atoms with van der Waals surface area (Å²) >= 11 is 13.0. The van der Waals surface area contributed by atoms with E-state index < -0.39 is 5.97 Å². The lowest BCUT2D eigenvalue weighted by atomic mass is 9.63. The summed E-state index contributed by atoms with van der Waals surface area (Å²) in [5.41, 5.74) is 6.55. The number of carbonyl (C=O) groups is 1. The summed E-state index contributed by atoms with van der Waals surface area (Å²) in [6.45, 7) is 8.00. The van der Waals surface area contributed by atoms with E-state index >= 15 is 0 Å². The fraction of sp³-hybridized carbons (Fsp3) is 0.333. The Morgan fingerprint density at radius 2 is 1.79 bits per heavy atom. The maximum absolute atomic E-state index is 11.4. The van der Waals surface area contributed by atoms with Gasteiger partial charge in [0.1, 0.15) is 17.1 Å². The van der Waals surface area contributed by atoms with Gasteiger partial charge in [-0.05, 0) is 67.0 Å². The van der Waals surface area contributed by atoms with Crippen molar-refractivity contribution in [3.05, 3.63) is 75.4 Å². The summed E-state index contributed by atoms with van der Waals surface area (Å²) in [6, 6.07) is 7.73. The second-order valence-corrected chi connectivity index (χ2v) is 11.7. The van der Waals surface area contributed by atoms with Crippen LogP contribution in [0.4, 0.5) is 5.69 Å². The van der Waals surface area contributed by atoms with E-state index in [0.717, 1.165) is 60.3 Å². The van der Waals surface area contributed by atoms with Gasteiger partial charge in [-0.15, -0.1) is 0 Å². The van der Waals surface area contributed by atoms with Crippen LogP contribution in [0.15, 0.2) is 47.3 Å². The van der Waals surface area contributed by atoms with Crippen LogP contribution >= 0.6 is 23.2 Å². The van der Waals surface area contributed by atoms with E-state index in [4.69, 9.17) is 27.7 Å².